The number of aromatic nitrogens is 1. The Morgan fingerprint density at radius 3 is 2.50 bits per heavy atom. The molecule has 0 bridgehead atoms. The first-order chi connectivity index (χ1) is 12.4. The van der Waals surface area contributed by atoms with E-state index >= 15 is 0 Å². The maximum Gasteiger partial charge on any atom is 0.262 e. The molecule has 2 aliphatic heterocycles. The molecule has 26 heavy (non-hydrogen) atoms. The first kappa shape index (κ1) is 15.8. The quantitative estimate of drug-likeness (QED) is 0.758. The summed E-state index contributed by atoms with van der Waals surface area (Å²) in [4.78, 5) is 48.2. The van der Waals surface area contributed by atoms with Crippen LogP contribution in [0.4, 0.5) is 11.5 Å². The summed E-state index contributed by atoms with van der Waals surface area (Å²) in [6.07, 6.45) is 0.230. The Morgan fingerprint density at radius 1 is 1.08 bits per heavy atom. The van der Waals surface area contributed by atoms with Gasteiger partial charge in [0.2, 0.25) is 0 Å². The molecule has 3 N–H and O–H groups in total. The molecule has 3 amide bonds. The third kappa shape index (κ3) is 2.21. The van der Waals surface area contributed by atoms with Crippen LogP contribution in [0.25, 0.3) is 5.69 Å². The Hall–Kier alpha value is -3.75. The number of hydrogen-bond acceptors (Lipinski definition) is 6. The van der Waals surface area contributed by atoms with Gasteiger partial charge < -0.3 is 5.73 Å². The molecule has 0 aliphatic carbocycles. The number of nitrogens with one attached hydrogen (secondary N) is 1. The second kappa shape index (κ2) is 5.38. The Morgan fingerprint density at radius 2 is 1.81 bits per heavy atom. The molecule has 1 aromatic carbocycles. The van der Waals surface area contributed by atoms with Gasteiger partial charge in [0, 0.05) is 11.8 Å². The third-order valence-electron chi connectivity index (χ3n) is 4.20. The van der Waals surface area contributed by atoms with Crippen molar-refractivity contribution in [1.29, 1.82) is 0 Å². The number of imide groups is 1. The molecular weight excluding hydrogens is 338 g/mol. The number of nitrogens with two attached hydrogens (primary N) is 1. The fourth-order valence-electron chi connectivity index (χ4n) is 3.07. The number of nitrogen functional groups attached to an aromatic ring is 1. The molecule has 2 aliphatic rings. The lowest BCUT2D eigenvalue weighted by atomic mass is 10.1. The van der Waals surface area contributed by atoms with Crippen molar-refractivity contribution in [2.45, 2.75) is 13.3 Å². The molecule has 1 aromatic heterocycles. The molecule has 9 nitrogen and oxygen atoms in total. The molecule has 4 rings (SSSR count). The van der Waals surface area contributed by atoms with E-state index in [0.29, 0.717) is 17.1 Å². The normalized spacial score (nSPS) is 16.0. The number of benzene rings is 1. The molecule has 0 atom stereocenters. The van der Waals surface area contributed by atoms with Crippen molar-refractivity contribution in [2.75, 3.05) is 10.7 Å². The van der Waals surface area contributed by atoms with Gasteiger partial charge in [-0.15, -0.1) is 0 Å². The number of fused-ring (bicyclic) bond motifs is 1. The van der Waals surface area contributed by atoms with Gasteiger partial charge in [-0.05, 0) is 25.1 Å². The average Bonchev–Trinajstić information content (AvgIpc) is 3.06. The SMILES string of the molecule is CC1=NN(c2cccc(-n3c(N)c4c(cc3=O)C(=O)NC4=O)c2)C(=O)C1. The molecule has 0 fully saturated rings. The van der Waals surface area contributed by atoms with E-state index in [9.17, 15) is 19.2 Å². The Bertz CT molecular complexity index is 1100. The zero-order valence-electron chi connectivity index (χ0n) is 13.6. The van der Waals surface area contributed by atoms with Crippen LogP contribution in [0.3, 0.4) is 0 Å². The van der Waals surface area contributed by atoms with Crippen molar-refractivity contribution < 1.29 is 14.4 Å². The lowest BCUT2D eigenvalue weighted by Crippen LogP contribution is -2.25. The standard InChI is InChI=1S/C17H13N5O4/c1-8-5-13(24)22(20-8)10-4-2-3-9(6-10)21-12(23)7-11-14(15(21)18)17(26)19-16(11)25/h2-4,6-7H,5,18H2,1H3,(H,19,25,26). The van der Waals surface area contributed by atoms with E-state index in [-0.39, 0.29) is 29.3 Å². The van der Waals surface area contributed by atoms with Crippen molar-refractivity contribution in [3.63, 3.8) is 0 Å². The molecule has 0 saturated carbocycles. The van der Waals surface area contributed by atoms with E-state index in [0.717, 1.165) is 10.6 Å². The number of nitrogens with zero attached hydrogens (tertiary/aromatic N) is 3. The van der Waals surface area contributed by atoms with Gasteiger partial charge in [0.1, 0.15) is 5.82 Å². The van der Waals surface area contributed by atoms with E-state index in [1.165, 1.54) is 5.01 Å². The third-order valence-corrected chi connectivity index (χ3v) is 4.20. The first-order valence-corrected chi connectivity index (χ1v) is 7.75. The number of carbonyl (C=O) groups is 3. The number of carbonyl (C=O) groups excluding carboxylic acids is 3. The van der Waals surface area contributed by atoms with Crippen LogP contribution in [0.5, 0.6) is 0 Å². The molecular formula is C17H13N5O4. The van der Waals surface area contributed by atoms with Crippen LogP contribution in [0, 0.1) is 0 Å². The highest BCUT2D eigenvalue weighted by atomic mass is 16.2. The summed E-state index contributed by atoms with van der Waals surface area (Å²) in [5.74, 6) is -1.62. The van der Waals surface area contributed by atoms with Crippen LogP contribution in [-0.2, 0) is 4.79 Å². The summed E-state index contributed by atoms with van der Waals surface area (Å²) in [6, 6.07) is 7.57. The number of hydrogen-bond donors (Lipinski definition) is 2. The van der Waals surface area contributed by atoms with Crippen LogP contribution in [-0.4, -0.2) is 28.0 Å². The number of rotatable bonds is 2. The van der Waals surface area contributed by atoms with E-state index in [1.54, 1.807) is 31.2 Å². The minimum atomic E-state index is -0.651. The molecule has 3 heterocycles. The minimum absolute atomic E-state index is 0.0360. The summed E-state index contributed by atoms with van der Waals surface area (Å²) in [5, 5.41) is 7.54. The summed E-state index contributed by atoms with van der Waals surface area (Å²) < 4.78 is 1.12. The number of anilines is 2. The highest BCUT2D eigenvalue weighted by Crippen LogP contribution is 2.26. The number of hydrazone groups is 1. The molecule has 9 heteroatoms. The summed E-state index contributed by atoms with van der Waals surface area (Å²) >= 11 is 0. The summed E-state index contributed by atoms with van der Waals surface area (Å²) in [7, 11) is 0. The van der Waals surface area contributed by atoms with Gasteiger partial charge in [-0.1, -0.05) is 6.07 Å². The predicted octanol–water partition coefficient (Wildman–Crippen LogP) is 0.416. The van der Waals surface area contributed by atoms with Crippen LogP contribution in [0.1, 0.15) is 34.1 Å². The maximum absolute atomic E-state index is 12.5. The second-order valence-electron chi connectivity index (χ2n) is 6.01. The molecule has 130 valence electrons. The van der Waals surface area contributed by atoms with Crippen LogP contribution in [0.2, 0.25) is 0 Å². The molecule has 0 saturated heterocycles. The lowest BCUT2D eigenvalue weighted by Gasteiger charge is -2.16. The molecule has 0 spiro atoms. The second-order valence-corrected chi connectivity index (χ2v) is 6.01. The van der Waals surface area contributed by atoms with E-state index in [1.807, 2.05) is 0 Å². The predicted molar refractivity (Wildman–Crippen MR) is 93.5 cm³/mol. The zero-order valence-corrected chi connectivity index (χ0v) is 13.6. The topological polar surface area (TPSA) is 127 Å². The van der Waals surface area contributed by atoms with Crippen molar-refractivity contribution in [1.82, 2.24) is 9.88 Å². The number of pyridine rings is 1. The minimum Gasteiger partial charge on any atom is -0.384 e. The van der Waals surface area contributed by atoms with Gasteiger partial charge in [-0.2, -0.15) is 5.10 Å². The monoisotopic (exact) mass is 351 g/mol. The van der Waals surface area contributed by atoms with Gasteiger partial charge in [0.25, 0.3) is 23.3 Å². The van der Waals surface area contributed by atoms with E-state index in [2.05, 4.69) is 10.4 Å². The molecule has 0 unspecified atom stereocenters. The maximum atomic E-state index is 12.5. The fourth-order valence-corrected chi connectivity index (χ4v) is 3.07. The smallest absolute Gasteiger partial charge is 0.262 e. The van der Waals surface area contributed by atoms with Crippen molar-refractivity contribution in [2.24, 2.45) is 5.10 Å². The number of amides is 3. The summed E-state index contributed by atoms with van der Waals surface area (Å²) in [6.45, 7) is 1.75. The van der Waals surface area contributed by atoms with Gasteiger partial charge in [-0.3, -0.25) is 29.1 Å². The molecule has 0 radical (unpaired) electrons. The van der Waals surface area contributed by atoms with Crippen LogP contribution in [0.15, 0.2) is 40.2 Å². The molecule has 2 aromatic rings. The lowest BCUT2D eigenvalue weighted by molar-refractivity contribution is -0.116. The van der Waals surface area contributed by atoms with Crippen LogP contribution < -0.4 is 21.6 Å². The Labute approximate surface area is 146 Å². The highest BCUT2D eigenvalue weighted by Gasteiger charge is 2.32. The van der Waals surface area contributed by atoms with Gasteiger partial charge in [0.05, 0.1) is 28.9 Å². The van der Waals surface area contributed by atoms with Crippen molar-refractivity contribution in [3.8, 4) is 5.69 Å². The Kier molecular flexibility index (Phi) is 3.26. The van der Waals surface area contributed by atoms with Gasteiger partial charge in [0.15, 0.2) is 0 Å². The first-order valence-electron chi connectivity index (χ1n) is 7.75. The Balaban J connectivity index is 1.88. The van der Waals surface area contributed by atoms with Crippen molar-refractivity contribution >= 4 is 34.9 Å². The van der Waals surface area contributed by atoms with Gasteiger partial charge in [-0.25, -0.2) is 5.01 Å². The largest absolute Gasteiger partial charge is 0.384 e. The van der Waals surface area contributed by atoms with Crippen molar-refractivity contribution in [3.05, 3.63) is 51.8 Å². The average molecular weight is 351 g/mol. The van der Waals surface area contributed by atoms with E-state index < -0.39 is 17.4 Å². The highest BCUT2D eigenvalue weighted by molar-refractivity contribution is 6.23. The summed E-state index contributed by atoms with van der Waals surface area (Å²) in [5.41, 5.74) is 6.89. The van der Waals surface area contributed by atoms with Crippen LogP contribution >= 0.6 is 0 Å². The van der Waals surface area contributed by atoms with Gasteiger partial charge >= 0.3 is 0 Å². The zero-order chi connectivity index (χ0) is 18.6. The fraction of sp³-hybridized carbons (Fsp3) is 0.118. The van der Waals surface area contributed by atoms with E-state index in [4.69, 9.17) is 5.73 Å².